The van der Waals surface area contributed by atoms with Crippen LogP contribution in [0.25, 0.3) is 0 Å². The van der Waals surface area contributed by atoms with Crippen molar-refractivity contribution >= 4 is 12.1 Å². The molecule has 34 heavy (non-hydrogen) atoms. The topological polar surface area (TPSA) is 61.8 Å². The first-order chi connectivity index (χ1) is 16.6. The molecular weight excluding hydrogens is 430 g/mol. The quantitative estimate of drug-likeness (QED) is 0.447. The second-order valence-electron chi connectivity index (χ2n) is 9.84. The fourth-order valence-corrected chi connectivity index (χ4v) is 6.72. The maximum absolute atomic E-state index is 14.1. The van der Waals surface area contributed by atoms with Crippen LogP contribution in [0.2, 0.25) is 0 Å². The number of rotatable bonds is 6. The fraction of sp³-hybridized carbons (Fsp3) is 0.500. The molecule has 0 amide bonds. The summed E-state index contributed by atoms with van der Waals surface area (Å²) in [6.07, 6.45) is 5.71. The Balaban J connectivity index is 1.47. The van der Waals surface area contributed by atoms with Gasteiger partial charge in [-0.25, -0.2) is 9.59 Å². The monoisotopic (exact) mass is 464 g/mol. The average molecular weight is 465 g/mol. The van der Waals surface area contributed by atoms with Gasteiger partial charge in [-0.05, 0) is 6.92 Å². The zero-order valence-corrected chi connectivity index (χ0v) is 19.9. The lowest BCUT2D eigenvalue weighted by atomic mass is 9.85. The first kappa shape index (κ1) is 22.9. The van der Waals surface area contributed by atoms with Gasteiger partial charge in [0.2, 0.25) is 0 Å². The zero-order valence-electron chi connectivity index (χ0n) is 19.9. The summed E-state index contributed by atoms with van der Waals surface area (Å²) >= 11 is 0. The lowest BCUT2D eigenvalue weighted by Gasteiger charge is -2.47. The fourth-order valence-electron chi connectivity index (χ4n) is 6.72. The van der Waals surface area contributed by atoms with Gasteiger partial charge >= 0.3 is 12.1 Å². The second kappa shape index (κ2) is 9.41. The number of carbonyl (C=O) groups is 2. The normalized spacial score (nSPS) is 25.1. The van der Waals surface area contributed by atoms with Crippen LogP contribution in [0.4, 0.5) is 4.79 Å². The summed E-state index contributed by atoms with van der Waals surface area (Å²) in [5.74, 6) is -0.558. The maximum Gasteiger partial charge on any atom is 0.510 e. The molecule has 3 saturated heterocycles. The van der Waals surface area contributed by atoms with Gasteiger partial charge in [-0.3, -0.25) is 0 Å². The molecule has 180 valence electrons. The molecule has 0 saturated carbocycles. The molecular formula is C28H34NO5+. The molecule has 2 aromatic carbocycles. The molecule has 0 radical (unpaired) electrons. The highest BCUT2D eigenvalue weighted by molar-refractivity contribution is 5.88. The number of piperidine rings is 1. The smallest absolute Gasteiger partial charge is 0.458 e. The van der Waals surface area contributed by atoms with E-state index in [0.29, 0.717) is 23.2 Å². The number of ether oxygens (including phenoxy) is 3. The molecule has 2 unspecified atom stereocenters. The minimum absolute atomic E-state index is 0.152. The van der Waals surface area contributed by atoms with E-state index in [4.69, 9.17) is 14.2 Å². The van der Waals surface area contributed by atoms with E-state index >= 15 is 0 Å². The number of benzene rings is 2. The predicted octanol–water partition coefficient (Wildman–Crippen LogP) is 4.95. The van der Waals surface area contributed by atoms with Gasteiger partial charge < -0.3 is 18.7 Å². The van der Waals surface area contributed by atoms with Crippen molar-refractivity contribution in [2.75, 3.05) is 19.7 Å². The summed E-state index contributed by atoms with van der Waals surface area (Å²) in [7, 11) is 0. The molecule has 0 N–H and O–H groups in total. The number of nitrogens with zero attached hydrogens (tertiary/aromatic N) is 1. The molecule has 0 aromatic heterocycles. The Morgan fingerprint density at radius 1 is 0.882 bits per heavy atom. The van der Waals surface area contributed by atoms with Crippen molar-refractivity contribution in [2.24, 2.45) is 0 Å². The van der Waals surface area contributed by atoms with E-state index in [1.165, 1.54) is 43.3 Å². The Hall–Kier alpha value is -2.86. The molecule has 2 aromatic rings. The van der Waals surface area contributed by atoms with Gasteiger partial charge in [0, 0.05) is 49.7 Å². The number of hydrogen-bond donors (Lipinski definition) is 0. The van der Waals surface area contributed by atoms with Crippen LogP contribution >= 0.6 is 0 Å². The second-order valence-corrected chi connectivity index (χ2v) is 9.84. The first-order valence-electron chi connectivity index (χ1n) is 12.6. The highest BCUT2D eigenvalue weighted by Gasteiger charge is 2.57. The molecule has 3 aliphatic heterocycles. The van der Waals surface area contributed by atoms with E-state index < -0.39 is 17.7 Å². The molecule has 6 heteroatoms. The Morgan fingerprint density at radius 3 is 1.91 bits per heavy atom. The van der Waals surface area contributed by atoms with Crippen molar-refractivity contribution in [3.8, 4) is 0 Å². The Bertz CT molecular complexity index is 946. The van der Waals surface area contributed by atoms with E-state index in [9.17, 15) is 9.59 Å². The third-order valence-electron chi connectivity index (χ3n) is 8.18. The van der Waals surface area contributed by atoms with E-state index in [0.717, 1.165) is 12.8 Å². The molecule has 3 heterocycles. The minimum atomic E-state index is -1.73. The maximum atomic E-state index is 14.1. The van der Waals surface area contributed by atoms with Gasteiger partial charge in [-0.2, -0.15) is 0 Å². The SMILES string of the molecule is CCOC(=O)OC(C(=O)OC1CC2CCC(C1)[N+]21CCCC1)(c1ccccc1)c1ccccc1. The van der Waals surface area contributed by atoms with Crippen LogP contribution < -0.4 is 0 Å². The predicted molar refractivity (Wildman–Crippen MR) is 127 cm³/mol. The van der Waals surface area contributed by atoms with Crippen LogP contribution in [-0.4, -0.2) is 54.5 Å². The molecule has 3 aliphatic rings. The molecule has 6 nitrogen and oxygen atoms in total. The van der Waals surface area contributed by atoms with Crippen LogP contribution in [0.1, 0.15) is 56.6 Å². The highest BCUT2D eigenvalue weighted by atomic mass is 16.7. The summed E-state index contributed by atoms with van der Waals surface area (Å²) in [5.41, 5.74) is -0.646. The van der Waals surface area contributed by atoms with Gasteiger partial charge in [-0.1, -0.05) is 60.7 Å². The van der Waals surface area contributed by atoms with Crippen LogP contribution in [0, 0.1) is 0 Å². The van der Waals surface area contributed by atoms with Crippen molar-refractivity contribution in [3.05, 3.63) is 71.8 Å². The van der Waals surface area contributed by atoms with Crippen molar-refractivity contribution < 1.29 is 28.3 Å². The number of carbonyl (C=O) groups excluding carboxylic acids is 2. The van der Waals surface area contributed by atoms with Crippen molar-refractivity contribution in [3.63, 3.8) is 0 Å². The van der Waals surface area contributed by atoms with E-state index in [1.807, 2.05) is 36.4 Å². The summed E-state index contributed by atoms with van der Waals surface area (Å²) in [4.78, 5) is 26.7. The Kier molecular flexibility index (Phi) is 6.34. The molecule has 0 aliphatic carbocycles. The molecule has 5 rings (SSSR count). The van der Waals surface area contributed by atoms with Crippen LogP contribution in [-0.2, 0) is 24.6 Å². The summed E-state index contributed by atoms with van der Waals surface area (Å²) in [5, 5.41) is 0. The van der Waals surface area contributed by atoms with E-state index in [1.54, 1.807) is 31.2 Å². The van der Waals surface area contributed by atoms with Crippen LogP contribution in [0.3, 0.4) is 0 Å². The van der Waals surface area contributed by atoms with Crippen LogP contribution in [0.5, 0.6) is 0 Å². The largest absolute Gasteiger partial charge is 0.510 e. The number of quaternary nitrogens is 1. The summed E-state index contributed by atoms with van der Waals surface area (Å²) in [6.45, 7) is 4.39. The molecule has 2 atom stereocenters. The first-order valence-corrected chi connectivity index (χ1v) is 12.6. The van der Waals surface area contributed by atoms with Gasteiger partial charge in [0.25, 0.3) is 5.60 Å². The molecule has 2 bridgehead atoms. The van der Waals surface area contributed by atoms with Gasteiger partial charge in [0.15, 0.2) is 0 Å². The minimum Gasteiger partial charge on any atom is -0.458 e. The van der Waals surface area contributed by atoms with Gasteiger partial charge in [0.05, 0.1) is 31.8 Å². The molecule has 1 spiro atoms. The lowest BCUT2D eigenvalue weighted by Crippen LogP contribution is -2.60. The summed E-state index contributed by atoms with van der Waals surface area (Å²) < 4.78 is 18.5. The van der Waals surface area contributed by atoms with Crippen molar-refractivity contribution in [1.82, 2.24) is 0 Å². The Morgan fingerprint density at radius 2 is 1.41 bits per heavy atom. The third kappa shape index (κ3) is 3.88. The highest BCUT2D eigenvalue weighted by Crippen LogP contribution is 2.47. The van der Waals surface area contributed by atoms with Crippen molar-refractivity contribution in [2.45, 2.75) is 69.2 Å². The zero-order chi connectivity index (χ0) is 23.6. The average Bonchev–Trinajstić information content (AvgIpc) is 3.40. The van der Waals surface area contributed by atoms with E-state index in [2.05, 4.69) is 0 Å². The van der Waals surface area contributed by atoms with Crippen molar-refractivity contribution in [1.29, 1.82) is 0 Å². The number of esters is 1. The van der Waals surface area contributed by atoms with Gasteiger partial charge in [0.1, 0.15) is 6.10 Å². The Labute approximate surface area is 201 Å². The van der Waals surface area contributed by atoms with Crippen LogP contribution in [0.15, 0.2) is 60.7 Å². The van der Waals surface area contributed by atoms with E-state index in [-0.39, 0.29) is 12.7 Å². The number of hydrogen-bond acceptors (Lipinski definition) is 5. The third-order valence-corrected chi connectivity index (χ3v) is 8.18. The molecule has 3 fully saturated rings. The standard InChI is InChI=1S/C28H34NO5/c1-2-32-27(31)34-28(21-11-5-3-6-12-21,22-13-7-4-8-14-22)26(30)33-25-19-23-15-16-24(20-25)29(23)17-9-10-18-29/h3-8,11-14,23-25H,2,9-10,15-20H2,1H3/q+1. The van der Waals surface area contributed by atoms with Gasteiger partial charge in [-0.15, -0.1) is 0 Å². The summed E-state index contributed by atoms with van der Waals surface area (Å²) in [6, 6.07) is 19.4. The lowest BCUT2D eigenvalue weighted by molar-refractivity contribution is -0.956.